The van der Waals surface area contributed by atoms with Gasteiger partial charge in [-0.05, 0) is 61.4 Å². The monoisotopic (exact) mass is 456 g/mol. The quantitative estimate of drug-likeness (QED) is 0.447. The molecule has 2 atom stereocenters. The van der Waals surface area contributed by atoms with Crippen molar-refractivity contribution < 1.29 is 19.1 Å². The molecule has 6 nitrogen and oxygen atoms in total. The molecule has 1 saturated heterocycles. The molecule has 1 fully saturated rings. The van der Waals surface area contributed by atoms with E-state index in [0.29, 0.717) is 26.1 Å². The number of fused-ring (bicyclic) bond motifs is 1. The number of thioether (sulfide) groups is 1. The van der Waals surface area contributed by atoms with E-state index in [1.165, 1.54) is 16.3 Å². The molecule has 2 aromatic carbocycles. The third kappa shape index (κ3) is 7.00. The predicted molar refractivity (Wildman–Crippen MR) is 130 cm³/mol. The van der Waals surface area contributed by atoms with Crippen LogP contribution < -0.4 is 5.32 Å². The van der Waals surface area contributed by atoms with Crippen molar-refractivity contribution in [3.8, 4) is 0 Å². The van der Waals surface area contributed by atoms with Crippen LogP contribution in [0.5, 0.6) is 0 Å². The number of carbonyl (C=O) groups excluding carboxylic acids is 2. The van der Waals surface area contributed by atoms with Crippen molar-refractivity contribution in [2.75, 3.05) is 19.7 Å². The summed E-state index contributed by atoms with van der Waals surface area (Å²) in [6.07, 6.45) is 1.86. The Morgan fingerprint density at radius 3 is 2.69 bits per heavy atom. The second kappa shape index (κ2) is 10.9. The zero-order valence-corrected chi connectivity index (χ0v) is 19.8. The topological polar surface area (TPSA) is 67.9 Å². The SMILES string of the molecule is C=CCOC(=O)N1CC(SC(=O)OC(C)(C)C)CC1CNCc1ccc2ccccc2c1. The molecule has 172 valence electrons. The van der Waals surface area contributed by atoms with Crippen LogP contribution in [0.25, 0.3) is 10.8 Å². The van der Waals surface area contributed by atoms with E-state index in [0.717, 1.165) is 11.8 Å². The summed E-state index contributed by atoms with van der Waals surface area (Å²) in [5.41, 5.74) is 0.647. The molecule has 7 heteroatoms. The van der Waals surface area contributed by atoms with E-state index in [1.54, 1.807) is 11.0 Å². The van der Waals surface area contributed by atoms with Gasteiger partial charge in [-0.15, -0.1) is 0 Å². The summed E-state index contributed by atoms with van der Waals surface area (Å²) in [7, 11) is 0. The average Bonchev–Trinajstić information content (AvgIpc) is 3.12. The van der Waals surface area contributed by atoms with Gasteiger partial charge in [-0.25, -0.2) is 9.59 Å². The van der Waals surface area contributed by atoms with Gasteiger partial charge in [0.25, 0.3) is 0 Å². The highest BCUT2D eigenvalue weighted by atomic mass is 32.2. The number of hydrogen-bond donors (Lipinski definition) is 1. The molecule has 0 bridgehead atoms. The molecule has 1 amide bonds. The maximum Gasteiger partial charge on any atom is 0.410 e. The summed E-state index contributed by atoms with van der Waals surface area (Å²) >= 11 is 1.16. The zero-order chi connectivity index (χ0) is 23.1. The van der Waals surface area contributed by atoms with Gasteiger partial charge in [-0.2, -0.15) is 0 Å². The Morgan fingerprint density at radius 1 is 1.22 bits per heavy atom. The van der Waals surface area contributed by atoms with E-state index in [2.05, 4.69) is 42.2 Å². The van der Waals surface area contributed by atoms with Crippen LogP contribution in [0, 0.1) is 0 Å². The lowest BCUT2D eigenvalue weighted by atomic mass is 10.1. The van der Waals surface area contributed by atoms with Gasteiger partial charge in [-0.1, -0.05) is 49.1 Å². The van der Waals surface area contributed by atoms with E-state index < -0.39 is 5.60 Å². The number of hydrogen-bond acceptors (Lipinski definition) is 6. The Labute approximate surface area is 194 Å². The zero-order valence-electron chi connectivity index (χ0n) is 19.0. The maximum atomic E-state index is 12.6. The molecule has 0 radical (unpaired) electrons. The third-order valence-electron chi connectivity index (χ3n) is 5.11. The van der Waals surface area contributed by atoms with Crippen LogP contribution in [-0.4, -0.2) is 52.9 Å². The Balaban J connectivity index is 1.59. The molecule has 0 aliphatic carbocycles. The lowest BCUT2D eigenvalue weighted by molar-refractivity contribution is 0.0736. The molecule has 1 N–H and O–H groups in total. The van der Waals surface area contributed by atoms with Gasteiger partial charge >= 0.3 is 11.4 Å². The number of carbonyl (C=O) groups is 2. The minimum Gasteiger partial charge on any atom is -0.452 e. The van der Waals surface area contributed by atoms with Gasteiger partial charge in [-0.3, -0.25) is 0 Å². The van der Waals surface area contributed by atoms with Gasteiger partial charge in [0.2, 0.25) is 0 Å². The van der Waals surface area contributed by atoms with Crippen molar-refractivity contribution in [1.29, 1.82) is 0 Å². The van der Waals surface area contributed by atoms with E-state index in [1.807, 2.05) is 32.9 Å². The number of nitrogens with zero attached hydrogens (tertiary/aromatic N) is 1. The van der Waals surface area contributed by atoms with E-state index in [4.69, 9.17) is 9.47 Å². The summed E-state index contributed by atoms with van der Waals surface area (Å²) in [5.74, 6) is 0. The minimum absolute atomic E-state index is 0.0337. The Hall–Kier alpha value is -2.51. The predicted octanol–water partition coefficient (Wildman–Crippen LogP) is 5.36. The lowest BCUT2D eigenvalue weighted by Crippen LogP contribution is -2.41. The first-order chi connectivity index (χ1) is 15.2. The number of nitrogens with one attached hydrogen (secondary N) is 1. The summed E-state index contributed by atoms with van der Waals surface area (Å²) in [5, 5.41) is 5.54. The van der Waals surface area contributed by atoms with Crippen LogP contribution in [0.3, 0.4) is 0 Å². The Bertz CT molecular complexity index is 956. The van der Waals surface area contributed by atoms with Crippen molar-refractivity contribution in [2.45, 2.75) is 50.6 Å². The minimum atomic E-state index is -0.536. The van der Waals surface area contributed by atoms with E-state index in [9.17, 15) is 9.59 Å². The highest BCUT2D eigenvalue weighted by molar-refractivity contribution is 8.13. The van der Waals surface area contributed by atoms with Crippen molar-refractivity contribution >= 4 is 33.9 Å². The van der Waals surface area contributed by atoms with Gasteiger partial charge in [0, 0.05) is 30.9 Å². The first-order valence-electron chi connectivity index (χ1n) is 10.9. The molecule has 1 aliphatic rings. The average molecular weight is 457 g/mol. The smallest absolute Gasteiger partial charge is 0.410 e. The second-order valence-corrected chi connectivity index (χ2v) is 10.2. The van der Waals surface area contributed by atoms with Crippen LogP contribution in [0.2, 0.25) is 0 Å². The van der Waals surface area contributed by atoms with Crippen LogP contribution in [0.15, 0.2) is 55.1 Å². The van der Waals surface area contributed by atoms with Gasteiger partial charge in [0.15, 0.2) is 0 Å². The third-order valence-corrected chi connectivity index (χ3v) is 6.06. The van der Waals surface area contributed by atoms with Crippen LogP contribution in [-0.2, 0) is 16.0 Å². The van der Waals surface area contributed by atoms with Gasteiger partial charge in [0.1, 0.15) is 12.2 Å². The second-order valence-electron chi connectivity index (χ2n) is 8.92. The number of likely N-dealkylation sites (tertiary alicyclic amines) is 1. The normalized spacial score (nSPS) is 18.5. The van der Waals surface area contributed by atoms with E-state index >= 15 is 0 Å². The molecule has 1 aliphatic heterocycles. The van der Waals surface area contributed by atoms with Crippen molar-refractivity contribution in [1.82, 2.24) is 10.2 Å². The van der Waals surface area contributed by atoms with E-state index in [-0.39, 0.29) is 29.3 Å². The fourth-order valence-corrected chi connectivity index (χ4v) is 4.86. The number of amides is 1. The number of rotatable bonds is 7. The first kappa shape index (κ1) is 24.1. The molecule has 32 heavy (non-hydrogen) atoms. The summed E-state index contributed by atoms with van der Waals surface area (Å²) in [4.78, 5) is 26.5. The van der Waals surface area contributed by atoms with Gasteiger partial charge in [0.05, 0.1) is 0 Å². The standard InChI is InChI=1S/C25H32N2O4S/c1-5-12-30-23(28)27-17-22(32-24(29)31-25(2,3)4)14-21(27)16-26-15-18-10-11-19-8-6-7-9-20(19)13-18/h5-11,13,21-22,26H,1,12,14-17H2,2-4H3. The summed E-state index contributed by atoms with van der Waals surface area (Å²) in [6, 6.07) is 14.6. The van der Waals surface area contributed by atoms with Crippen LogP contribution in [0.1, 0.15) is 32.8 Å². The summed E-state index contributed by atoms with van der Waals surface area (Å²) < 4.78 is 10.7. The van der Waals surface area contributed by atoms with Gasteiger partial charge < -0.3 is 19.7 Å². The molecule has 0 aromatic heterocycles. The number of ether oxygens (including phenoxy) is 2. The lowest BCUT2D eigenvalue weighted by Gasteiger charge is -2.24. The molecule has 0 spiro atoms. The Morgan fingerprint density at radius 2 is 1.97 bits per heavy atom. The van der Waals surface area contributed by atoms with Crippen LogP contribution >= 0.6 is 11.8 Å². The molecular weight excluding hydrogens is 424 g/mol. The van der Waals surface area contributed by atoms with Crippen molar-refractivity contribution in [3.63, 3.8) is 0 Å². The highest BCUT2D eigenvalue weighted by Crippen LogP contribution is 2.30. The first-order valence-corrected chi connectivity index (χ1v) is 11.8. The highest BCUT2D eigenvalue weighted by Gasteiger charge is 2.38. The maximum absolute atomic E-state index is 12.6. The largest absolute Gasteiger partial charge is 0.452 e. The molecule has 2 aromatic rings. The van der Waals surface area contributed by atoms with Crippen LogP contribution in [0.4, 0.5) is 9.59 Å². The fourth-order valence-electron chi connectivity index (χ4n) is 3.73. The Kier molecular flexibility index (Phi) is 8.21. The molecule has 1 heterocycles. The van der Waals surface area contributed by atoms with Crippen molar-refractivity contribution in [3.05, 3.63) is 60.7 Å². The molecule has 0 saturated carbocycles. The fraction of sp³-hybridized carbons (Fsp3) is 0.440. The number of benzene rings is 2. The molecular formula is C25H32N2O4S. The summed E-state index contributed by atoms with van der Waals surface area (Å²) in [6.45, 7) is 11.1. The van der Waals surface area contributed by atoms with Crippen molar-refractivity contribution in [2.24, 2.45) is 0 Å². The molecule has 2 unspecified atom stereocenters. The molecule has 3 rings (SSSR count).